The third-order valence-electron chi connectivity index (χ3n) is 0. The van der Waals surface area contributed by atoms with Crippen molar-refractivity contribution in [1.82, 2.24) is 0 Å². The molecule has 0 saturated carbocycles. The van der Waals surface area contributed by atoms with Crippen molar-refractivity contribution in [2.24, 2.45) is 0 Å². The van der Waals surface area contributed by atoms with Crippen molar-refractivity contribution in [2.75, 3.05) is 0 Å². The molecule has 0 aromatic carbocycles. The summed E-state index contributed by atoms with van der Waals surface area (Å²) in [5, 5.41) is 43.0. The van der Waals surface area contributed by atoms with Crippen molar-refractivity contribution in [3.63, 3.8) is 0 Å². The Kier molecular flexibility index (Phi) is 119. The van der Waals surface area contributed by atoms with Crippen molar-refractivity contribution in [1.29, 1.82) is 0 Å². The molecule has 0 saturated heterocycles. The van der Waals surface area contributed by atoms with Gasteiger partial charge in [-0.3, -0.25) is 0 Å². The molecule has 70 valence electrons. The summed E-state index contributed by atoms with van der Waals surface area (Å²) in [7, 11) is -4.33. The van der Waals surface area contributed by atoms with E-state index in [0.717, 1.165) is 0 Å². The SMILES string of the molecule is OB(O)O.OB(O)O.[AlH3].[Ba+2].[Ba+2].[H-].[H-].[H-].[H-].[PbH2].[Zn]. The molecule has 0 unspecified atom stereocenters. The minimum Gasteiger partial charge on any atom is 0 e. The molecule has 2 radical (unpaired) electrons. The van der Waals surface area contributed by atoms with E-state index in [1.165, 1.54) is 0 Å². The molecule has 0 aliphatic heterocycles. The molecule has 13 heteroatoms. The van der Waals surface area contributed by atoms with E-state index in [9.17, 15) is 0 Å². The van der Waals surface area contributed by atoms with E-state index in [-0.39, 0.29) is 168 Å². The summed E-state index contributed by atoms with van der Waals surface area (Å²) in [5.74, 6) is 0. The van der Waals surface area contributed by atoms with Crippen LogP contribution in [0.25, 0.3) is 0 Å². The van der Waals surface area contributed by atoms with Crippen LogP contribution >= 0.6 is 0 Å². The molecule has 6 nitrogen and oxygen atoms in total. The normalized spacial score (nSPS) is 4.15. The Hall–Kier alpha value is 5.11. The number of hydrogen-bond donors (Lipinski definition) is 6. The number of hydrogen-bond acceptors (Lipinski definition) is 6. The fourth-order valence-corrected chi connectivity index (χ4v) is 0. The molecule has 0 spiro atoms. The van der Waals surface area contributed by atoms with Gasteiger partial charge >= 0.3 is 140 Å². The zero-order valence-corrected chi connectivity index (χ0v) is 24.0. The van der Waals surface area contributed by atoms with Crippen LogP contribution in [0, 0.1) is 0 Å². The van der Waals surface area contributed by atoms with Gasteiger partial charge < -0.3 is 35.9 Å². The maximum atomic E-state index is 7.17. The first-order chi connectivity index (χ1) is 3.46. The van der Waals surface area contributed by atoms with Gasteiger partial charge in [0, 0.05) is 19.5 Å². The summed E-state index contributed by atoms with van der Waals surface area (Å²) in [5.41, 5.74) is 0. The van der Waals surface area contributed by atoms with Crippen molar-refractivity contribution >= 4 is 157 Å². The maximum absolute atomic E-state index is 7.17. The Bertz CT molecular complexity index is 57.5. The van der Waals surface area contributed by atoms with Crippen LogP contribution < -0.4 is 0 Å². The van der Waals surface area contributed by atoms with E-state index in [1.807, 2.05) is 0 Å². The van der Waals surface area contributed by atoms with Gasteiger partial charge in [-0.15, -0.1) is 0 Å². The first-order valence-electron chi connectivity index (χ1n) is 1.55. The first kappa shape index (κ1) is 43.0. The van der Waals surface area contributed by atoms with Crippen molar-refractivity contribution in [3.05, 3.63) is 0 Å². The van der Waals surface area contributed by atoms with Gasteiger partial charge in [0.1, 0.15) is 0 Å². The fourth-order valence-electron chi connectivity index (χ4n) is 0. The van der Waals surface area contributed by atoms with Gasteiger partial charge in [-0.1, -0.05) is 0 Å². The smallest absolute Gasteiger partial charge is 0 e. The fraction of sp³-hybridized carbons (Fsp3) is 0. The third kappa shape index (κ3) is 150. The number of rotatable bonds is 0. The van der Waals surface area contributed by atoms with E-state index in [0.29, 0.717) is 0 Å². The van der Waals surface area contributed by atoms with Gasteiger partial charge in [0.25, 0.3) is 0 Å². The van der Waals surface area contributed by atoms with Crippen molar-refractivity contribution in [3.8, 4) is 0 Å². The molecule has 0 heterocycles. The molecule has 13 heavy (non-hydrogen) atoms. The Morgan fingerprint density at radius 1 is 0.692 bits per heavy atom. The third-order valence-corrected chi connectivity index (χ3v) is 0. The van der Waals surface area contributed by atoms with Crippen LogP contribution in [0.2, 0.25) is 0 Å². The second-order valence-corrected chi connectivity index (χ2v) is 0.693. The summed E-state index contributed by atoms with van der Waals surface area (Å²) < 4.78 is 0. The summed E-state index contributed by atoms with van der Waals surface area (Å²) in [6.07, 6.45) is 0. The minimum absolute atomic E-state index is 0. The predicted molar refractivity (Wildman–Crippen MR) is 59.3 cm³/mol. The van der Waals surface area contributed by atoms with Gasteiger partial charge in [0.2, 0.25) is 0 Å². The molecule has 0 atom stereocenters. The monoisotopic (exact) mass is 708 g/mol. The topological polar surface area (TPSA) is 121 Å². The van der Waals surface area contributed by atoms with E-state index >= 15 is 0 Å². The van der Waals surface area contributed by atoms with Gasteiger partial charge in [0.15, 0.2) is 17.4 Å². The van der Waals surface area contributed by atoms with Crippen LogP contribution in [0.3, 0.4) is 0 Å². The molecular weight excluding hydrogens is 692 g/mol. The van der Waals surface area contributed by atoms with E-state index in [2.05, 4.69) is 0 Å². The second-order valence-electron chi connectivity index (χ2n) is 0.693. The Labute approximate surface area is 207 Å². The standard InChI is InChI=1S/Al.2BH3O3.2Ba.Pb.Zn.9H/c;2*2-1(3)4;;;;;;;;;;;;;/h;2*2-4H;;;;;;;;;;;;;/q;;;2*+2;;;;;;;;4*-1. The summed E-state index contributed by atoms with van der Waals surface area (Å²) >= 11 is 0. The second kappa shape index (κ2) is 36.0. The molecule has 0 aromatic heterocycles. The van der Waals surface area contributed by atoms with Gasteiger partial charge in [-0.25, -0.2) is 0 Å². The molecule has 0 fully saturated rings. The first-order valence-corrected chi connectivity index (χ1v) is 1.55. The molecule has 0 amide bonds. The molecule has 0 aliphatic carbocycles. The average Bonchev–Trinajstić information content (AvgIpc) is 1.25. The van der Waals surface area contributed by atoms with Crippen LogP contribution in [-0.2, 0) is 19.5 Å². The van der Waals surface area contributed by atoms with E-state index in [4.69, 9.17) is 30.1 Å². The zero-order valence-electron chi connectivity index (χ0n) is 10.7. The largest absolute Gasteiger partial charge is 0 e. The molecular formula is H15AlB2Ba2O6PbZn. The molecule has 6 N–H and O–H groups in total. The Morgan fingerprint density at radius 2 is 0.692 bits per heavy atom. The van der Waals surface area contributed by atoms with E-state index in [1.54, 1.807) is 0 Å². The van der Waals surface area contributed by atoms with Crippen molar-refractivity contribution in [2.45, 2.75) is 0 Å². The molecule has 0 rings (SSSR count). The van der Waals surface area contributed by atoms with E-state index < -0.39 is 14.6 Å². The Morgan fingerprint density at radius 3 is 0.692 bits per heavy atom. The van der Waals surface area contributed by atoms with Gasteiger partial charge in [0.05, 0.1) is 0 Å². The Balaban J connectivity index is -0.00000000308. The molecule has 0 aromatic rings. The van der Waals surface area contributed by atoms with Crippen LogP contribution in [0.4, 0.5) is 0 Å². The maximum Gasteiger partial charge on any atom is 0 e. The van der Waals surface area contributed by atoms with Crippen LogP contribution in [0.5, 0.6) is 0 Å². The van der Waals surface area contributed by atoms with Crippen LogP contribution in [0.15, 0.2) is 0 Å². The predicted octanol–water partition coefficient (Wildman–Crippen LogP) is -6.52. The minimum atomic E-state index is -2.17. The van der Waals surface area contributed by atoms with Crippen LogP contribution in [-0.4, -0.2) is 187 Å². The van der Waals surface area contributed by atoms with Gasteiger partial charge in [-0.05, 0) is 0 Å². The van der Waals surface area contributed by atoms with Crippen molar-refractivity contribution < 1.29 is 55.3 Å². The average molecular weight is 707 g/mol. The quantitative estimate of drug-likeness (QED) is 0.140. The summed E-state index contributed by atoms with van der Waals surface area (Å²) in [6.45, 7) is 0. The summed E-state index contributed by atoms with van der Waals surface area (Å²) in [4.78, 5) is 0. The van der Waals surface area contributed by atoms with Crippen LogP contribution in [0.1, 0.15) is 5.71 Å². The van der Waals surface area contributed by atoms with Gasteiger partial charge in [-0.2, -0.15) is 0 Å². The molecule has 0 bridgehead atoms. The zero-order chi connectivity index (χ0) is 7.15. The molecule has 0 aliphatic rings. The summed E-state index contributed by atoms with van der Waals surface area (Å²) in [6, 6.07) is 0.